The smallest absolute Gasteiger partial charge is 0.194 e. The van der Waals surface area contributed by atoms with Crippen LogP contribution < -0.4 is 0 Å². The minimum Gasteiger partial charge on any atom is -0.296 e. The molecule has 0 radical (unpaired) electrons. The summed E-state index contributed by atoms with van der Waals surface area (Å²) in [5.41, 5.74) is 3.93. The number of hydrogen-bond acceptors (Lipinski definition) is 3. The molecule has 4 aromatic rings. The Morgan fingerprint density at radius 2 is 1.80 bits per heavy atom. The van der Waals surface area contributed by atoms with Gasteiger partial charge in [-0.3, -0.25) is 9.30 Å². The molecule has 0 fully saturated rings. The predicted molar refractivity (Wildman–Crippen MR) is 100 cm³/mol. The lowest BCUT2D eigenvalue weighted by Crippen LogP contribution is -2.19. The van der Waals surface area contributed by atoms with Gasteiger partial charge in [0, 0.05) is 35.8 Å². The Kier molecular flexibility index (Phi) is 4.34. The molecule has 2 aromatic heterocycles. The second-order valence-corrected chi connectivity index (χ2v) is 6.97. The number of benzene rings is 2. The Balaban J connectivity index is 1.66. The molecule has 0 amide bonds. The fourth-order valence-corrected chi connectivity index (χ4v) is 3.77. The summed E-state index contributed by atoms with van der Waals surface area (Å²) in [6.07, 6.45) is 2.05. The third-order valence-electron chi connectivity index (χ3n) is 4.23. The second kappa shape index (κ2) is 6.78. The van der Waals surface area contributed by atoms with E-state index in [-0.39, 0.29) is 5.82 Å². The number of nitrogens with zero attached hydrogens (tertiary/aromatic N) is 3. The van der Waals surface area contributed by atoms with E-state index >= 15 is 0 Å². The molecule has 0 atom stereocenters. The van der Waals surface area contributed by atoms with Crippen molar-refractivity contribution < 1.29 is 4.39 Å². The summed E-state index contributed by atoms with van der Waals surface area (Å²) in [6, 6.07) is 17.1. The maximum atomic E-state index is 13.9. The largest absolute Gasteiger partial charge is 0.296 e. The molecule has 0 saturated heterocycles. The molecule has 5 heteroatoms. The summed E-state index contributed by atoms with van der Waals surface area (Å²) < 4.78 is 16.1. The summed E-state index contributed by atoms with van der Waals surface area (Å²) >= 11 is 1.62. The summed E-state index contributed by atoms with van der Waals surface area (Å²) in [7, 11) is 2.01. The molecule has 0 bridgehead atoms. The number of rotatable bonds is 5. The van der Waals surface area contributed by atoms with Crippen LogP contribution in [0.4, 0.5) is 4.39 Å². The van der Waals surface area contributed by atoms with Crippen LogP contribution in [0.25, 0.3) is 16.2 Å². The van der Waals surface area contributed by atoms with Gasteiger partial charge in [-0.15, -0.1) is 11.3 Å². The molecular weight excluding hydrogens is 333 g/mol. The van der Waals surface area contributed by atoms with Gasteiger partial charge in [0.05, 0.1) is 11.4 Å². The van der Waals surface area contributed by atoms with Crippen LogP contribution >= 0.6 is 11.3 Å². The Morgan fingerprint density at radius 1 is 1.04 bits per heavy atom. The van der Waals surface area contributed by atoms with Crippen molar-refractivity contribution in [2.45, 2.75) is 13.1 Å². The predicted octanol–water partition coefficient (Wildman–Crippen LogP) is 4.83. The van der Waals surface area contributed by atoms with Crippen molar-refractivity contribution in [1.82, 2.24) is 14.3 Å². The van der Waals surface area contributed by atoms with Crippen LogP contribution in [-0.4, -0.2) is 21.3 Å². The molecule has 0 aliphatic rings. The summed E-state index contributed by atoms with van der Waals surface area (Å²) in [5.74, 6) is -0.161. The Hall–Kier alpha value is -2.50. The van der Waals surface area contributed by atoms with Gasteiger partial charge >= 0.3 is 0 Å². The molecular formula is C20H18FN3S. The highest BCUT2D eigenvalue weighted by Crippen LogP contribution is 2.27. The first-order valence-corrected chi connectivity index (χ1v) is 9.02. The van der Waals surface area contributed by atoms with E-state index in [2.05, 4.69) is 21.4 Å². The molecule has 0 aliphatic carbocycles. The first kappa shape index (κ1) is 16.0. The number of imidazole rings is 1. The Labute approximate surface area is 150 Å². The fraction of sp³-hybridized carbons (Fsp3) is 0.150. The van der Waals surface area contributed by atoms with Crippen LogP contribution in [0, 0.1) is 5.82 Å². The van der Waals surface area contributed by atoms with Gasteiger partial charge in [-0.2, -0.15) is 0 Å². The monoisotopic (exact) mass is 351 g/mol. The van der Waals surface area contributed by atoms with E-state index in [0.717, 1.165) is 21.9 Å². The molecule has 3 nitrogen and oxygen atoms in total. The van der Waals surface area contributed by atoms with Crippen molar-refractivity contribution in [3.8, 4) is 11.3 Å². The Bertz CT molecular complexity index is 991. The average molecular weight is 351 g/mol. The van der Waals surface area contributed by atoms with E-state index in [9.17, 15) is 4.39 Å². The van der Waals surface area contributed by atoms with Gasteiger partial charge in [0.25, 0.3) is 0 Å². The first-order chi connectivity index (χ1) is 12.2. The zero-order valence-electron chi connectivity index (χ0n) is 13.9. The van der Waals surface area contributed by atoms with E-state index in [1.54, 1.807) is 17.4 Å². The molecule has 0 unspecified atom stereocenters. The highest BCUT2D eigenvalue weighted by Gasteiger charge is 2.17. The molecule has 25 heavy (non-hydrogen) atoms. The van der Waals surface area contributed by atoms with Crippen LogP contribution in [0.3, 0.4) is 0 Å². The number of aromatic nitrogens is 2. The van der Waals surface area contributed by atoms with Crippen molar-refractivity contribution in [1.29, 1.82) is 0 Å². The lowest BCUT2D eigenvalue weighted by molar-refractivity contribution is 0.309. The maximum Gasteiger partial charge on any atom is 0.194 e. The van der Waals surface area contributed by atoms with Crippen molar-refractivity contribution >= 4 is 16.3 Å². The molecule has 4 rings (SSSR count). The van der Waals surface area contributed by atoms with Crippen LogP contribution in [0.2, 0.25) is 0 Å². The van der Waals surface area contributed by atoms with Crippen LogP contribution in [0.5, 0.6) is 0 Å². The van der Waals surface area contributed by atoms with E-state index in [0.29, 0.717) is 18.7 Å². The minimum absolute atomic E-state index is 0.161. The topological polar surface area (TPSA) is 20.5 Å². The van der Waals surface area contributed by atoms with Crippen molar-refractivity contribution in [3.05, 3.63) is 83.2 Å². The maximum absolute atomic E-state index is 13.9. The van der Waals surface area contributed by atoms with E-state index < -0.39 is 0 Å². The summed E-state index contributed by atoms with van der Waals surface area (Å²) in [4.78, 5) is 7.90. The first-order valence-electron chi connectivity index (χ1n) is 8.14. The number of fused-ring (bicyclic) bond motifs is 1. The lowest BCUT2D eigenvalue weighted by Gasteiger charge is -2.17. The van der Waals surface area contributed by atoms with Crippen LogP contribution in [0.1, 0.15) is 11.3 Å². The second-order valence-electron chi connectivity index (χ2n) is 6.09. The van der Waals surface area contributed by atoms with E-state index in [4.69, 9.17) is 4.98 Å². The summed E-state index contributed by atoms with van der Waals surface area (Å²) in [6.45, 7) is 1.24. The van der Waals surface area contributed by atoms with Crippen molar-refractivity contribution in [2.24, 2.45) is 0 Å². The molecule has 2 heterocycles. The third-order valence-corrected chi connectivity index (χ3v) is 4.98. The highest BCUT2D eigenvalue weighted by atomic mass is 32.1. The van der Waals surface area contributed by atoms with Crippen molar-refractivity contribution in [3.63, 3.8) is 0 Å². The Morgan fingerprint density at radius 3 is 2.60 bits per heavy atom. The quantitative estimate of drug-likeness (QED) is 0.513. The third kappa shape index (κ3) is 3.21. The van der Waals surface area contributed by atoms with Gasteiger partial charge in [-0.1, -0.05) is 48.5 Å². The van der Waals surface area contributed by atoms with E-state index in [1.165, 1.54) is 6.07 Å². The molecule has 0 aliphatic heterocycles. The van der Waals surface area contributed by atoms with Gasteiger partial charge in [0.15, 0.2) is 4.96 Å². The van der Waals surface area contributed by atoms with E-state index in [1.807, 2.05) is 49.0 Å². The molecule has 0 saturated carbocycles. The normalized spacial score (nSPS) is 11.5. The van der Waals surface area contributed by atoms with Crippen molar-refractivity contribution in [2.75, 3.05) is 7.05 Å². The average Bonchev–Trinajstić information content (AvgIpc) is 3.20. The number of hydrogen-bond donors (Lipinski definition) is 0. The van der Waals surface area contributed by atoms with Gasteiger partial charge in [-0.05, 0) is 13.1 Å². The highest BCUT2D eigenvalue weighted by molar-refractivity contribution is 7.15. The molecule has 2 aromatic carbocycles. The van der Waals surface area contributed by atoms with Gasteiger partial charge in [0.2, 0.25) is 0 Å². The fourth-order valence-electron chi connectivity index (χ4n) is 3.04. The van der Waals surface area contributed by atoms with Crippen LogP contribution in [-0.2, 0) is 13.1 Å². The zero-order chi connectivity index (χ0) is 17.2. The minimum atomic E-state index is -0.161. The molecule has 0 N–H and O–H groups in total. The zero-order valence-corrected chi connectivity index (χ0v) is 14.7. The van der Waals surface area contributed by atoms with Gasteiger partial charge < -0.3 is 0 Å². The summed E-state index contributed by atoms with van der Waals surface area (Å²) in [5, 5.41) is 2.04. The van der Waals surface area contributed by atoms with Gasteiger partial charge in [0.1, 0.15) is 5.82 Å². The number of thiazole rings is 1. The van der Waals surface area contributed by atoms with Gasteiger partial charge in [-0.25, -0.2) is 9.37 Å². The molecule has 126 valence electrons. The SMILES string of the molecule is CN(Cc1ccccc1F)Cc1c(-c2ccccc2)nc2sccn12. The molecule has 0 spiro atoms. The van der Waals surface area contributed by atoms with Crippen LogP contribution in [0.15, 0.2) is 66.2 Å². The lowest BCUT2D eigenvalue weighted by atomic mass is 10.1. The number of halogens is 1. The standard InChI is InChI=1S/C20H18FN3S/c1-23(13-16-9-5-6-10-17(16)21)14-18-19(15-7-3-2-4-8-15)22-20-24(18)11-12-25-20/h2-12H,13-14H2,1H3.